The van der Waals surface area contributed by atoms with Gasteiger partial charge >= 0.3 is 12.1 Å². The molecule has 2 aliphatic rings. The highest BCUT2D eigenvalue weighted by Crippen LogP contribution is 2.20. The molecule has 2 aliphatic heterocycles. The maximum Gasteiger partial charge on any atom is 0.490 e. The molecule has 1 N–H and O–H groups in total. The number of nitrogens with zero attached hydrogens (tertiary/aromatic N) is 6. The van der Waals surface area contributed by atoms with Gasteiger partial charge in [-0.05, 0) is 0 Å². The van der Waals surface area contributed by atoms with Crippen LogP contribution in [0.25, 0.3) is 0 Å². The Labute approximate surface area is 175 Å². The van der Waals surface area contributed by atoms with Gasteiger partial charge in [-0.1, -0.05) is 0 Å². The van der Waals surface area contributed by atoms with Gasteiger partial charge in [0.05, 0.1) is 32.2 Å². The van der Waals surface area contributed by atoms with E-state index in [9.17, 15) is 17.6 Å². The van der Waals surface area contributed by atoms with Gasteiger partial charge in [-0.2, -0.15) is 13.2 Å². The molecule has 4 heterocycles. The van der Waals surface area contributed by atoms with Crippen LogP contribution in [0.5, 0.6) is 0 Å². The van der Waals surface area contributed by atoms with Crippen molar-refractivity contribution in [3.8, 4) is 0 Å². The van der Waals surface area contributed by atoms with Crippen LogP contribution < -0.4 is 4.90 Å². The third-order valence-electron chi connectivity index (χ3n) is 4.82. The molecule has 0 bridgehead atoms. The molecule has 13 heteroatoms. The van der Waals surface area contributed by atoms with Crippen LogP contribution in [0.2, 0.25) is 0 Å². The van der Waals surface area contributed by atoms with E-state index in [2.05, 4.69) is 29.3 Å². The molecule has 2 aromatic rings. The molecule has 0 aliphatic carbocycles. The summed E-state index contributed by atoms with van der Waals surface area (Å²) in [7, 11) is 0. The fourth-order valence-electron chi connectivity index (χ4n) is 3.43. The van der Waals surface area contributed by atoms with E-state index >= 15 is 0 Å². The van der Waals surface area contributed by atoms with Gasteiger partial charge in [0.2, 0.25) is 5.95 Å². The van der Waals surface area contributed by atoms with Crippen molar-refractivity contribution in [2.24, 2.45) is 5.92 Å². The summed E-state index contributed by atoms with van der Waals surface area (Å²) in [6.45, 7) is 6.93. The van der Waals surface area contributed by atoms with Gasteiger partial charge < -0.3 is 19.3 Å². The lowest BCUT2D eigenvalue weighted by molar-refractivity contribution is -0.192. The minimum absolute atomic E-state index is 0.417. The summed E-state index contributed by atoms with van der Waals surface area (Å²) >= 11 is 0. The number of aromatic nitrogens is 4. The number of fused-ring (bicyclic) bond motifs is 1. The summed E-state index contributed by atoms with van der Waals surface area (Å²) in [5.74, 6) is -1.20. The Morgan fingerprint density at radius 3 is 2.42 bits per heavy atom. The maximum atomic E-state index is 13.1. The number of anilines is 1. The summed E-state index contributed by atoms with van der Waals surface area (Å²) in [6.07, 6.45) is 1.21. The third-order valence-corrected chi connectivity index (χ3v) is 4.82. The maximum absolute atomic E-state index is 13.1. The first-order chi connectivity index (χ1) is 14.7. The number of carbonyl (C=O) groups is 1. The molecule has 31 heavy (non-hydrogen) atoms. The van der Waals surface area contributed by atoms with Crippen LogP contribution >= 0.6 is 0 Å². The first-order valence-electron chi connectivity index (χ1n) is 9.55. The van der Waals surface area contributed by atoms with Crippen molar-refractivity contribution < 1.29 is 32.2 Å². The van der Waals surface area contributed by atoms with Crippen LogP contribution in [0, 0.1) is 11.7 Å². The summed E-state index contributed by atoms with van der Waals surface area (Å²) in [4.78, 5) is 26.2. The monoisotopic (exact) mass is 446 g/mol. The molecule has 1 unspecified atom stereocenters. The van der Waals surface area contributed by atoms with E-state index in [1.54, 1.807) is 0 Å². The number of aliphatic carboxylic acids is 1. The van der Waals surface area contributed by atoms with Gasteiger partial charge in [0, 0.05) is 51.0 Å². The molecule has 0 radical (unpaired) electrons. The number of rotatable bonds is 3. The first-order valence-corrected chi connectivity index (χ1v) is 9.55. The van der Waals surface area contributed by atoms with Crippen molar-refractivity contribution >= 4 is 11.9 Å². The van der Waals surface area contributed by atoms with Gasteiger partial charge in [0.15, 0.2) is 5.82 Å². The van der Waals surface area contributed by atoms with E-state index in [1.807, 2.05) is 12.4 Å². The number of alkyl halides is 3. The van der Waals surface area contributed by atoms with Gasteiger partial charge in [0.25, 0.3) is 0 Å². The second-order valence-electron chi connectivity index (χ2n) is 7.16. The molecule has 0 spiro atoms. The number of morpholine rings is 1. The molecule has 0 amide bonds. The van der Waals surface area contributed by atoms with E-state index in [-0.39, 0.29) is 0 Å². The second-order valence-corrected chi connectivity index (χ2v) is 7.16. The minimum Gasteiger partial charge on any atom is -0.475 e. The zero-order valence-electron chi connectivity index (χ0n) is 16.5. The Balaban J connectivity index is 0.000000339. The Kier molecular flexibility index (Phi) is 7.38. The van der Waals surface area contributed by atoms with Gasteiger partial charge in [-0.15, -0.1) is 0 Å². The molecule has 170 valence electrons. The molecule has 2 aromatic heterocycles. The summed E-state index contributed by atoms with van der Waals surface area (Å²) in [5.41, 5.74) is 0. The summed E-state index contributed by atoms with van der Waals surface area (Å²) < 4.78 is 52.5. The molecule has 1 saturated heterocycles. The van der Waals surface area contributed by atoms with E-state index in [1.165, 1.54) is 12.4 Å². The Morgan fingerprint density at radius 1 is 1.16 bits per heavy atom. The number of imidazole rings is 1. The van der Waals surface area contributed by atoms with Crippen LogP contribution in [0.15, 0.2) is 24.8 Å². The number of hydrogen-bond acceptors (Lipinski definition) is 7. The molecule has 0 saturated carbocycles. The highest BCUT2D eigenvalue weighted by atomic mass is 19.4. The number of halogens is 4. The number of carboxylic acids is 1. The lowest BCUT2D eigenvalue weighted by Crippen LogP contribution is -2.42. The zero-order valence-corrected chi connectivity index (χ0v) is 16.5. The fraction of sp³-hybridized carbons (Fsp3) is 0.556. The predicted octanol–water partition coefficient (Wildman–Crippen LogP) is 1.41. The number of ether oxygens (including phenoxy) is 1. The van der Waals surface area contributed by atoms with Crippen molar-refractivity contribution in [2.45, 2.75) is 19.3 Å². The van der Waals surface area contributed by atoms with Crippen LogP contribution in [-0.2, 0) is 22.6 Å². The number of carboxylic acid groups (broad SMARTS) is 1. The number of hydrogen-bond donors (Lipinski definition) is 1. The Hall–Kier alpha value is -2.80. The van der Waals surface area contributed by atoms with Crippen molar-refractivity contribution in [1.82, 2.24) is 24.4 Å². The highest BCUT2D eigenvalue weighted by Gasteiger charge is 2.38. The topological polar surface area (TPSA) is 96.6 Å². The van der Waals surface area contributed by atoms with Crippen LogP contribution in [0.4, 0.5) is 23.5 Å². The van der Waals surface area contributed by atoms with E-state index in [0.717, 1.165) is 51.8 Å². The molecule has 1 fully saturated rings. The molecular formula is C18H22F4N6O3. The first kappa shape index (κ1) is 22.9. The fourth-order valence-corrected chi connectivity index (χ4v) is 3.43. The van der Waals surface area contributed by atoms with Gasteiger partial charge in [0.1, 0.15) is 5.82 Å². The van der Waals surface area contributed by atoms with Gasteiger partial charge in [-0.3, -0.25) is 4.90 Å². The quantitative estimate of drug-likeness (QED) is 0.708. The summed E-state index contributed by atoms with van der Waals surface area (Å²) in [6, 6.07) is 0. The lowest BCUT2D eigenvalue weighted by atomic mass is 10.1. The van der Waals surface area contributed by atoms with Crippen LogP contribution in [0.1, 0.15) is 5.82 Å². The summed E-state index contributed by atoms with van der Waals surface area (Å²) in [5, 5.41) is 7.12. The molecule has 9 nitrogen and oxygen atoms in total. The highest BCUT2D eigenvalue weighted by molar-refractivity contribution is 5.73. The Bertz CT molecular complexity index is 855. The largest absolute Gasteiger partial charge is 0.490 e. The van der Waals surface area contributed by atoms with Crippen LogP contribution in [-0.4, -0.2) is 81.1 Å². The van der Waals surface area contributed by atoms with Gasteiger partial charge in [-0.25, -0.2) is 24.1 Å². The normalized spacial score (nSPS) is 19.7. The molecule has 0 aromatic carbocycles. The minimum atomic E-state index is -5.08. The van der Waals surface area contributed by atoms with Crippen LogP contribution in [0.3, 0.4) is 0 Å². The lowest BCUT2D eigenvalue weighted by Gasteiger charge is -2.31. The van der Waals surface area contributed by atoms with E-state index in [0.29, 0.717) is 18.4 Å². The molecule has 1 atom stereocenters. The zero-order chi connectivity index (χ0) is 22.4. The molecular weight excluding hydrogens is 424 g/mol. The SMILES string of the molecule is Fc1cnc(N2Cc3nccn3CC(CN3CCOCC3)C2)nc1.O=C(O)C(F)(F)F. The van der Waals surface area contributed by atoms with E-state index < -0.39 is 18.0 Å². The second kappa shape index (κ2) is 10.0. The predicted molar refractivity (Wildman–Crippen MR) is 99.7 cm³/mol. The Morgan fingerprint density at radius 2 is 1.81 bits per heavy atom. The van der Waals surface area contributed by atoms with Crippen molar-refractivity contribution in [3.63, 3.8) is 0 Å². The van der Waals surface area contributed by atoms with Crippen molar-refractivity contribution in [3.05, 3.63) is 36.4 Å². The third kappa shape index (κ3) is 6.59. The standard InChI is InChI=1S/C16H21FN6O.C2HF3O2/c17-14-7-19-16(20-8-14)23-11-13(9-21-3-5-24-6-4-21)10-22-2-1-18-15(22)12-23;3-2(4,5)1(6)7/h1-2,7-8,13H,3-6,9-12H2;(H,6,7). The average molecular weight is 446 g/mol. The molecule has 4 rings (SSSR count). The average Bonchev–Trinajstić information content (AvgIpc) is 3.08. The van der Waals surface area contributed by atoms with Crippen molar-refractivity contribution in [1.29, 1.82) is 0 Å². The smallest absolute Gasteiger partial charge is 0.475 e. The van der Waals surface area contributed by atoms with Crippen molar-refractivity contribution in [2.75, 3.05) is 44.3 Å². The van der Waals surface area contributed by atoms with E-state index in [4.69, 9.17) is 14.6 Å².